The number of carbonyl (C=O) groups excluding carboxylic acids is 1. The molecule has 0 bridgehead atoms. The molecule has 1 aromatic heterocycles. The van der Waals surface area contributed by atoms with Crippen LogP contribution in [0.15, 0.2) is 21.2 Å². The smallest absolute Gasteiger partial charge is 0.277 e. The third kappa shape index (κ3) is 5.75. The fourth-order valence-corrected chi connectivity index (χ4v) is 2.77. The molecule has 11 heteroatoms. The van der Waals surface area contributed by atoms with Crippen LogP contribution < -0.4 is 38.2 Å². The number of hydrogen-bond donors (Lipinski definition) is 3. The molecule has 0 radical (unpaired) electrons. The summed E-state index contributed by atoms with van der Waals surface area (Å²) < 4.78 is 16.1. The highest BCUT2D eigenvalue weighted by atomic mass is 79.9. The van der Waals surface area contributed by atoms with Gasteiger partial charge in [0.2, 0.25) is 11.5 Å². The second-order valence-corrected chi connectivity index (χ2v) is 5.83. The van der Waals surface area contributed by atoms with Crippen LogP contribution in [0.3, 0.4) is 0 Å². The second-order valence-electron chi connectivity index (χ2n) is 4.97. The molecule has 0 spiro atoms. The number of anilines is 1. The number of nitrogens with two attached hydrogens (primary N) is 1. The van der Waals surface area contributed by atoms with Gasteiger partial charge in [-0.2, -0.15) is 0 Å². The van der Waals surface area contributed by atoms with Gasteiger partial charge in [0.05, 0.1) is 18.2 Å². The molecule has 1 aromatic carbocycles. The van der Waals surface area contributed by atoms with Gasteiger partial charge in [0.1, 0.15) is 0 Å². The molecule has 26 heavy (non-hydrogen) atoms. The molecule has 0 fully saturated rings. The van der Waals surface area contributed by atoms with Crippen molar-refractivity contribution in [3.8, 4) is 11.5 Å². The zero-order valence-electron chi connectivity index (χ0n) is 14.3. The number of aromatic nitrogens is 2. The first-order chi connectivity index (χ1) is 12.1. The monoisotopic (exact) mass is 448 g/mol. The van der Waals surface area contributed by atoms with Gasteiger partial charge in [0, 0.05) is 19.6 Å². The highest BCUT2D eigenvalue weighted by Gasteiger charge is 2.15. The maximum atomic E-state index is 11.8. The van der Waals surface area contributed by atoms with Gasteiger partial charge in [0.15, 0.2) is 11.5 Å². The fraction of sp³-hybridized carbons (Fsp3) is 0.400. The van der Waals surface area contributed by atoms with E-state index in [1.54, 1.807) is 7.11 Å². The Hall–Kier alpha value is -2.04. The Morgan fingerprint density at radius 3 is 2.73 bits per heavy atom. The van der Waals surface area contributed by atoms with E-state index < -0.39 is 5.91 Å². The van der Waals surface area contributed by atoms with Crippen molar-refractivity contribution in [3.05, 3.63) is 27.9 Å². The van der Waals surface area contributed by atoms with Crippen molar-refractivity contribution in [1.29, 1.82) is 0 Å². The molecule has 1 amide bonds. The number of halogens is 2. The number of carbonyl (C=O) groups is 1. The molecule has 2 rings (SSSR count). The average Bonchev–Trinajstić information content (AvgIpc) is 3.01. The van der Waals surface area contributed by atoms with E-state index in [9.17, 15) is 4.79 Å². The summed E-state index contributed by atoms with van der Waals surface area (Å²) in [5.41, 5.74) is 6.46. The van der Waals surface area contributed by atoms with Gasteiger partial charge in [-0.15, -0.1) is 0 Å². The predicted octanol–water partition coefficient (Wildman–Crippen LogP) is -1.65. The molecule has 0 atom stereocenters. The summed E-state index contributed by atoms with van der Waals surface area (Å²) >= 11 is 3.48. The van der Waals surface area contributed by atoms with Gasteiger partial charge in [-0.05, 0) is 50.9 Å². The summed E-state index contributed by atoms with van der Waals surface area (Å²) in [5.74, 6) is 0.888. The molecule has 0 aliphatic carbocycles. The van der Waals surface area contributed by atoms with E-state index in [-0.39, 0.29) is 23.9 Å². The largest absolute Gasteiger partial charge is 1.00 e. The summed E-state index contributed by atoms with van der Waals surface area (Å²) in [6.45, 7) is 4.03. The van der Waals surface area contributed by atoms with Crippen LogP contribution in [-0.2, 0) is 6.54 Å². The minimum Gasteiger partial charge on any atom is -1.00 e. The number of methoxy groups -OCH3 is 1. The first-order valence-electron chi connectivity index (χ1n) is 7.63. The van der Waals surface area contributed by atoms with E-state index in [1.165, 1.54) is 0 Å². The molecule has 1 heterocycles. The Labute approximate surface area is 165 Å². The van der Waals surface area contributed by atoms with E-state index in [2.05, 4.69) is 41.5 Å². The van der Waals surface area contributed by atoms with Gasteiger partial charge in [-0.3, -0.25) is 4.79 Å². The quantitative estimate of drug-likeness (QED) is 0.389. The molecule has 4 N–H and O–H groups in total. The number of amides is 1. The predicted molar refractivity (Wildman–Crippen MR) is 94.6 cm³/mol. The Morgan fingerprint density at radius 2 is 2.12 bits per heavy atom. The summed E-state index contributed by atoms with van der Waals surface area (Å²) in [6.07, 6.45) is 0. The van der Waals surface area contributed by atoms with Crippen LogP contribution in [0.25, 0.3) is 0 Å². The van der Waals surface area contributed by atoms with Gasteiger partial charge in [0.25, 0.3) is 5.91 Å². The number of nitrogens with zero attached hydrogens (tertiary/aromatic N) is 2. The molecule has 144 valence electrons. The molecular weight excluding hydrogens is 430 g/mol. The zero-order chi connectivity index (χ0) is 18.2. The summed E-state index contributed by atoms with van der Waals surface area (Å²) in [7, 11) is 1.60. The van der Waals surface area contributed by atoms with Crippen LogP contribution in [-0.4, -0.2) is 43.0 Å². The molecule has 2 aromatic rings. The third-order valence-electron chi connectivity index (χ3n) is 3.22. The van der Waals surface area contributed by atoms with Crippen molar-refractivity contribution >= 4 is 27.7 Å². The standard InChI is InChI=1S/C15H20BrN5O4.ClH/c1-3-24-11-7-9(6-10(16)13(11)23-2)8-18-4-5-19-15(22)12-14(17)21-25-20-12;/h6-7,18H,3-5,8H2,1-2H3,(H2,17,21)(H,19,22);1H/p-1. The Bertz CT molecular complexity index is 728. The van der Waals surface area contributed by atoms with Gasteiger partial charge in [-0.1, -0.05) is 0 Å². The number of benzene rings is 1. The lowest BCUT2D eigenvalue weighted by Crippen LogP contribution is -3.00. The molecule has 0 unspecified atom stereocenters. The SMILES string of the molecule is CCOc1cc(CNCCNC(=O)c2nonc2N)cc(Br)c1OC.[Cl-]. The Balaban J connectivity index is 0.00000338. The third-order valence-corrected chi connectivity index (χ3v) is 3.81. The van der Waals surface area contributed by atoms with Gasteiger partial charge in [-0.25, -0.2) is 4.63 Å². The summed E-state index contributed by atoms with van der Waals surface area (Å²) in [5, 5.41) is 12.7. The van der Waals surface area contributed by atoms with Gasteiger partial charge >= 0.3 is 0 Å². The number of nitrogens with one attached hydrogen (secondary N) is 2. The number of nitrogen functional groups attached to an aromatic ring is 1. The maximum Gasteiger partial charge on any atom is 0.277 e. The van der Waals surface area contributed by atoms with Crippen LogP contribution >= 0.6 is 15.9 Å². The average molecular weight is 450 g/mol. The van der Waals surface area contributed by atoms with E-state index in [0.717, 1.165) is 10.0 Å². The van der Waals surface area contributed by atoms with Crippen molar-refractivity contribution in [2.24, 2.45) is 0 Å². The lowest BCUT2D eigenvalue weighted by molar-refractivity contribution is -0.0000147. The molecule has 0 saturated heterocycles. The van der Waals surface area contributed by atoms with Crippen molar-refractivity contribution in [2.75, 3.05) is 32.5 Å². The fourth-order valence-electron chi connectivity index (χ4n) is 2.12. The van der Waals surface area contributed by atoms with Crippen molar-refractivity contribution in [1.82, 2.24) is 20.9 Å². The van der Waals surface area contributed by atoms with Crippen LogP contribution in [0.4, 0.5) is 5.82 Å². The van der Waals surface area contributed by atoms with Crippen molar-refractivity contribution < 1.29 is 31.3 Å². The maximum absolute atomic E-state index is 11.8. The number of hydrogen-bond acceptors (Lipinski definition) is 8. The van der Waals surface area contributed by atoms with Crippen LogP contribution in [0.5, 0.6) is 11.5 Å². The highest BCUT2D eigenvalue weighted by molar-refractivity contribution is 9.10. The Kier molecular flexibility index (Phi) is 9.17. The first-order valence-corrected chi connectivity index (χ1v) is 8.42. The Morgan fingerprint density at radius 1 is 1.35 bits per heavy atom. The molecule has 0 aliphatic heterocycles. The van der Waals surface area contributed by atoms with Gasteiger partial charge < -0.3 is 38.2 Å². The molecular formula is C15H20BrClN5O4-. The van der Waals surface area contributed by atoms with Crippen LogP contribution in [0.2, 0.25) is 0 Å². The normalized spacial score (nSPS) is 10.1. The van der Waals surface area contributed by atoms with Crippen LogP contribution in [0, 0.1) is 0 Å². The van der Waals surface area contributed by atoms with E-state index in [0.29, 0.717) is 37.7 Å². The number of rotatable bonds is 9. The lowest BCUT2D eigenvalue weighted by Gasteiger charge is -2.13. The first kappa shape index (κ1) is 22.0. The molecule has 0 saturated carbocycles. The summed E-state index contributed by atoms with van der Waals surface area (Å²) in [6, 6.07) is 3.87. The highest BCUT2D eigenvalue weighted by Crippen LogP contribution is 2.36. The second kappa shape index (κ2) is 10.8. The van der Waals surface area contributed by atoms with E-state index in [4.69, 9.17) is 15.2 Å². The van der Waals surface area contributed by atoms with E-state index in [1.807, 2.05) is 19.1 Å². The topological polar surface area (TPSA) is 125 Å². The molecule has 0 aliphatic rings. The summed E-state index contributed by atoms with van der Waals surface area (Å²) in [4.78, 5) is 11.8. The minimum atomic E-state index is -0.425. The zero-order valence-corrected chi connectivity index (χ0v) is 16.7. The molecule has 9 nitrogen and oxygen atoms in total. The van der Waals surface area contributed by atoms with Crippen molar-refractivity contribution in [3.63, 3.8) is 0 Å². The van der Waals surface area contributed by atoms with E-state index >= 15 is 0 Å². The lowest BCUT2D eigenvalue weighted by atomic mass is 10.2. The van der Waals surface area contributed by atoms with Crippen molar-refractivity contribution in [2.45, 2.75) is 13.5 Å². The minimum absolute atomic E-state index is 0. The number of ether oxygens (including phenoxy) is 2. The van der Waals surface area contributed by atoms with Crippen LogP contribution in [0.1, 0.15) is 23.0 Å².